The minimum atomic E-state index is -1.25. The van der Waals surface area contributed by atoms with E-state index in [1.54, 1.807) is 6.08 Å². The summed E-state index contributed by atoms with van der Waals surface area (Å²) in [5.74, 6) is 0. The SMILES string of the molecule is C/C=C(\CCC)B(O)O. The maximum absolute atomic E-state index is 8.63. The maximum atomic E-state index is 8.63. The zero-order chi connectivity index (χ0) is 7.28. The Balaban J connectivity index is 3.70. The van der Waals surface area contributed by atoms with E-state index in [1.807, 2.05) is 13.8 Å². The lowest BCUT2D eigenvalue weighted by atomic mass is 9.77. The van der Waals surface area contributed by atoms with Gasteiger partial charge in [0, 0.05) is 0 Å². The summed E-state index contributed by atoms with van der Waals surface area (Å²) in [6.45, 7) is 3.82. The van der Waals surface area contributed by atoms with E-state index in [4.69, 9.17) is 10.0 Å². The fourth-order valence-electron chi connectivity index (χ4n) is 0.711. The van der Waals surface area contributed by atoms with Gasteiger partial charge in [0.1, 0.15) is 0 Å². The largest absolute Gasteiger partial charge is 0.483 e. The average molecular weight is 128 g/mol. The standard InChI is InChI=1S/C6H13BO2/c1-3-5-6(4-2)7(8)9/h4,8-9H,3,5H2,1-2H3/b6-4+. The van der Waals surface area contributed by atoms with Crippen LogP contribution in [0.1, 0.15) is 26.7 Å². The molecule has 0 amide bonds. The number of allylic oxidation sites excluding steroid dienone is 2. The van der Waals surface area contributed by atoms with Crippen molar-refractivity contribution in [2.24, 2.45) is 0 Å². The van der Waals surface area contributed by atoms with Gasteiger partial charge < -0.3 is 10.0 Å². The van der Waals surface area contributed by atoms with Crippen LogP contribution in [-0.4, -0.2) is 17.2 Å². The van der Waals surface area contributed by atoms with Gasteiger partial charge in [0.25, 0.3) is 0 Å². The number of hydrogen-bond acceptors (Lipinski definition) is 2. The first-order valence-electron chi connectivity index (χ1n) is 3.23. The Morgan fingerprint density at radius 3 is 2.22 bits per heavy atom. The van der Waals surface area contributed by atoms with Gasteiger partial charge >= 0.3 is 7.12 Å². The minimum Gasteiger partial charge on any atom is -0.423 e. The molecular formula is C6H13BO2. The Morgan fingerprint density at radius 1 is 1.56 bits per heavy atom. The molecule has 0 aliphatic carbocycles. The highest BCUT2D eigenvalue weighted by Gasteiger charge is 2.11. The van der Waals surface area contributed by atoms with Gasteiger partial charge in [0.15, 0.2) is 0 Å². The second kappa shape index (κ2) is 4.59. The molecule has 0 aromatic heterocycles. The van der Waals surface area contributed by atoms with Gasteiger partial charge in [0.05, 0.1) is 0 Å². The first-order chi connectivity index (χ1) is 4.22. The summed E-state index contributed by atoms with van der Waals surface area (Å²) in [4.78, 5) is 0. The maximum Gasteiger partial charge on any atom is 0.483 e. The fraction of sp³-hybridized carbons (Fsp3) is 0.667. The zero-order valence-corrected chi connectivity index (χ0v) is 5.96. The third-order valence-corrected chi connectivity index (χ3v) is 1.24. The van der Waals surface area contributed by atoms with Gasteiger partial charge in [-0.15, -0.1) is 0 Å². The monoisotopic (exact) mass is 128 g/mol. The van der Waals surface area contributed by atoms with Crippen LogP contribution in [0.25, 0.3) is 0 Å². The molecule has 2 N–H and O–H groups in total. The van der Waals surface area contributed by atoms with E-state index < -0.39 is 7.12 Å². The molecule has 0 bridgehead atoms. The third-order valence-electron chi connectivity index (χ3n) is 1.24. The van der Waals surface area contributed by atoms with Gasteiger partial charge in [0.2, 0.25) is 0 Å². The third kappa shape index (κ3) is 3.33. The molecule has 0 aromatic rings. The van der Waals surface area contributed by atoms with Crippen molar-refractivity contribution in [3.8, 4) is 0 Å². The zero-order valence-electron chi connectivity index (χ0n) is 5.96. The van der Waals surface area contributed by atoms with E-state index in [1.165, 1.54) is 0 Å². The molecule has 0 aliphatic heterocycles. The van der Waals surface area contributed by atoms with E-state index in [0.29, 0.717) is 5.47 Å². The van der Waals surface area contributed by atoms with Gasteiger partial charge in [-0.1, -0.05) is 19.4 Å². The van der Waals surface area contributed by atoms with Crippen molar-refractivity contribution in [1.29, 1.82) is 0 Å². The fourth-order valence-corrected chi connectivity index (χ4v) is 0.711. The Hall–Kier alpha value is -0.275. The Labute approximate surface area is 56.4 Å². The van der Waals surface area contributed by atoms with Crippen LogP contribution in [-0.2, 0) is 0 Å². The lowest BCUT2D eigenvalue weighted by Crippen LogP contribution is -2.14. The average Bonchev–Trinajstić information content (AvgIpc) is 1.82. The quantitative estimate of drug-likeness (QED) is 0.550. The first-order valence-corrected chi connectivity index (χ1v) is 3.23. The molecule has 0 radical (unpaired) electrons. The van der Waals surface area contributed by atoms with Crippen molar-refractivity contribution < 1.29 is 10.0 Å². The van der Waals surface area contributed by atoms with Crippen molar-refractivity contribution >= 4 is 7.12 Å². The van der Waals surface area contributed by atoms with Gasteiger partial charge in [-0.25, -0.2) is 0 Å². The summed E-state index contributed by atoms with van der Waals surface area (Å²) in [5, 5.41) is 17.3. The van der Waals surface area contributed by atoms with Gasteiger partial charge in [-0.05, 0) is 18.8 Å². The second-order valence-corrected chi connectivity index (χ2v) is 1.99. The molecule has 0 unspecified atom stereocenters. The summed E-state index contributed by atoms with van der Waals surface area (Å²) in [7, 11) is -1.25. The van der Waals surface area contributed by atoms with E-state index in [0.717, 1.165) is 12.8 Å². The van der Waals surface area contributed by atoms with E-state index in [-0.39, 0.29) is 0 Å². The van der Waals surface area contributed by atoms with Crippen LogP contribution in [0.15, 0.2) is 11.5 Å². The molecule has 9 heavy (non-hydrogen) atoms. The summed E-state index contributed by atoms with van der Waals surface area (Å²) < 4.78 is 0. The van der Waals surface area contributed by atoms with Crippen LogP contribution >= 0.6 is 0 Å². The van der Waals surface area contributed by atoms with Crippen molar-refractivity contribution in [2.75, 3.05) is 0 Å². The van der Waals surface area contributed by atoms with Crippen molar-refractivity contribution in [2.45, 2.75) is 26.7 Å². The smallest absolute Gasteiger partial charge is 0.423 e. The highest BCUT2D eigenvalue weighted by Crippen LogP contribution is 2.04. The topological polar surface area (TPSA) is 40.5 Å². The molecule has 0 rings (SSSR count). The molecule has 0 aliphatic rings. The number of hydrogen-bond donors (Lipinski definition) is 2. The second-order valence-electron chi connectivity index (χ2n) is 1.99. The predicted octanol–water partition coefficient (Wildman–Crippen LogP) is 0.745. The molecule has 3 heteroatoms. The van der Waals surface area contributed by atoms with Gasteiger partial charge in [-0.3, -0.25) is 0 Å². The van der Waals surface area contributed by atoms with Crippen LogP contribution in [0.4, 0.5) is 0 Å². The molecule has 0 saturated carbocycles. The molecule has 0 heterocycles. The molecule has 0 aromatic carbocycles. The van der Waals surface area contributed by atoms with Crippen LogP contribution < -0.4 is 0 Å². The lowest BCUT2D eigenvalue weighted by Gasteiger charge is -2.00. The summed E-state index contributed by atoms with van der Waals surface area (Å²) in [6.07, 6.45) is 3.47. The van der Waals surface area contributed by atoms with Crippen molar-refractivity contribution in [1.82, 2.24) is 0 Å². The highest BCUT2D eigenvalue weighted by atomic mass is 16.4. The summed E-state index contributed by atoms with van der Waals surface area (Å²) in [5.41, 5.74) is 0.706. The van der Waals surface area contributed by atoms with Crippen molar-refractivity contribution in [3.05, 3.63) is 11.5 Å². The number of rotatable bonds is 3. The predicted molar refractivity (Wildman–Crippen MR) is 38.9 cm³/mol. The van der Waals surface area contributed by atoms with E-state index in [9.17, 15) is 0 Å². The molecule has 2 nitrogen and oxygen atoms in total. The van der Waals surface area contributed by atoms with E-state index in [2.05, 4.69) is 0 Å². The highest BCUT2D eigenvalue weighted by molar-refractivity contribution is 6.50. The van der Waals surface area contributed by atoms with Gasteiger partial charge in [-0.2, -0.15) is 0 Å². The van der Waals surface area contributed by atoms with Crippen LogP contribution in [0.2, 0.25) is 0 Å². The van der Waals surface area contributed by atoms with Crippen LogP contribution in [0.5, 0.6) is 0 Å². The Morgan fingerprint density at radius 2 is 2.11 bits per heavy atom. The molecule has 0 spiro atoms. The molecule has 52 valence electrons. The Bertz CT molecular complexity index is 99.2. The first kappa shape index (κ1) is 8.72. The van der Waals surface area contributed by atoms with E-state index >= 15 is 0 Å². The lowest BCUT2D eigenvalue weighted by molar-refractivity contribution is 0.416. The Kier molecular flexibility index (Phi) is 4.45. The minimum absolute atomic E-state index is 0.706. The summed E-state index contributed by atoms with van der Waals surface area (Å²) >= 11 is 0. The molecular weight excluding hydrogens is 115 g/mol. The normalized spacial score (nSPS) is 11.8. The van der Waals surface area contributed by atoms with Crippen LogP contribution in [0, 0.1) is 0 Å². The van der Waals surface area contributed by atoms with Crippen molar-refractivity contribution in [3.63, 3.8) is 0 Å². The molecule has 0 atom stereocenters. The molecule has 0 fully saturated rings. The van der Waals surface area contributed by atoms with Crippen LogP contribution in [0.3, 0.4) is 0 Å². The summed E-state index contributed by atoms with van der Waals surface area (Å²) in [6, 6.07) is 0. The molecule has 0 saturated heterocycles.